The van der Waals surface area contributed by atoms with E-state index in [9.17, 15) is 0 Å². The molecule has 0 heterocycles. The van der Waals surface area contributed by atoms with E-state index in [1.807, 2.05) is 0 Å². The maximum Gasteiger partial charge on any atom is -1.00 e. The number of hydrogen-bond donors (Lipinski definition) is 0. The summed E-state index contributed by atoms with van der Waals surface area (Å²) in [5.41, 5.74) is 1.61. The third-order valence-electron chi connectivity index (χ3n) is 1.55. The van der Waals surface area contributed by atoms with Gasteiger partial charge in [0, 0.05) is 0 Å². The number of rotatable bonds is 2. The van der Waals surface area contributed by atoms with Gasteiger partial charge in [0.25, 0.3) is 0 Å². The Bertz CT molecular complexity index is 161. The molecule has 0 aromatic rings. The number of halogens is 2. The van der Waals surface area contributed by atoms with Crippen molar-refractivity contribution in [2.75, 3.05) is 0 Å². The van der Waals surface area contributed by atoms with Crippen LogP contribution in [0.25, 0.3) is 0 Å². The fourth-order valence-electron chi connectivity index (χ4n) is 1.05. The summed E-state index contributed by atoms with van der Waals surface area (Å²) in [5.74, 6) is 0. The molecule has 1 aliphatic carbocycles. The molecule has 61 valence electrons. The van der Waals surface area contributed by atoms with Crippen LogP contribution in [0, 0.1) is 0 Å². The van der Waals surface area contributed by atoms with Gasteiger partial charge in [-0.3, -0.25) is 0 Å². The second kappa shape index (κ2) is 6.90. The Labute approximate surface area is 81.3 Å². The molecule has 0 saturated heterocycles. The third kappa shape index (κ3) is 3.95. The largest absolute Gasteiger partial charge is 1.00 e. The summed E-state index contributed by atoms with van der Waals surface area (Å²) in [5, 5.41) is 0. The van der Waals surface area contributed by atoms with Crippen molar-refractivity contribution in [1.29, 1.82) is 0 Å². The summed E-state index contributed by atoms with van der Waals surface area (Å²) in [6, 6.07) is 0. The first-order valence-corrected chi connectivity index (χ1v) is 4.67. The fraction of sp³-hybridized carbons (Fsp3) is 0.500. The molecule has 0 N–H and O–H groups in total. The van der Waals surface area contributed by atoms with Crippen molar-refractivity contribution in [3.63, 3.8) is 0 Å². The monoisotopic (exact) mass is 235 g/mol. The molecule has 0 saturated carbocycles. The molecule has 0 aromatic carbocycles. The molecule has 0 fully saturated rings. The van der Waals surface area contributed by atoms with Crippen LogP contribution in [-0.4, -0.2) is 0 Å². The molecule has 0 spiro atoms. The fourth-order valence-corrected chi connectivity index (χ4v) is 1.86. The van der Waals surface area contributed by atoms with Gasteiger partial charge in [-0.25, -0.2) is 0 Å². The summed E-state index contributed by atoms with van der Waals surface area (Å²) < 4.78 is 1.66. The topological polar surface area (TPSA) is 0 Å². The van der Waals surface area contributed by atoms with Gasteiger partial charge >= 0.3 is 71.9 Å². The first-order chi connectivity index (χ1) is 4.34. The molecule has 0 bridgehead atoms. The van der Waals surface area contributed by atoms with Crippen molar-refractivity contribution in [2.24, 2.45) is 0 Å². The molecule has 0 unspecified atom stereocenters. The van der Waals surface area contributed by atoms with E-state index in [0.29, 0.717) is 0 Å². The first kappa shape index (κ1) is 13.8. The maximum atomic E-state index is 2.29. The van der Waals surface area contributed by atoms with Gasteiger partial charge < -0.3 is 9.41 Å². The Hall–Kier alpha value is 0.223. The second-order valence-corrected chi connectivity index (χ2v) is 3.84. The van der Waals surface area contributed by atoms with Gasteiger partial charge in [0.2, 0.25) is 0 Å². The molecule has 1 rings (SSSR count). The molecular formula is C8H11F2Zr. The summed E-state index contributed by atoms with van der Waals surface area (Å²) in [6.45, 7) is 2.24. The minimum Gasteiger partial charge on any atom is -1.00 e. The van der Waals surface area contributed by atoms with E-state index in [1.54, 1.807) is 33.6 Å². The van der Waals surface area contributed by atoms with Crippen molar-refractivity contribution >= 4 is 0 Å². The molecule has 3 heteroatoms. The average molecular weight is 236 g/mol. The molecule has 11 heavy (non-hydrogen) atoms. The molecule has 1 aliphatic rings. The zero-order valence-electron chi connectivity index (χ0n) is 6.53. The van der Waals surface area contributed by atoms with E-state index in [4.69, 9.17) is 0 Å². The van der Waals surface area contributed by atoms with Gasteiger partial charge in [-0.15, -0.1) is 0 Å². The van der Waals surface area contributed by atoms with Gasteiger partial charge in [0.05, 0.1) is 0 Å². The predicted octanol–water partition coefficient (Wildman–Crippen LogP) is -3.44. The van der Waals surface area contributed by atoms with Crippen LogP contribution in [0.2, 0.25) is 0 Å². The number of hydrogen-bond acceptors (Lipinski definition) is 0. The molecule has 0 atom stereocenters. The zero-order valence-corrected chi connectivity index (χ0v) is 8.99. The minimum absolute atomic E-state index is 0. The predicted molar refractivity (Wildman–Crippen MR) is 35.7 cm³/mol. The zero-order chi connectivity index (χ0) is 6.69. The van der Waals surface area contributed by atoms with Gasteiger partial charge in [-0.05, 0) is 0 Å². The Kier molecular flexibility index (Phi) is 8.65. The SMILES string of the molecule is CCCC1=[C]([Zr+2])CC=C1.[F-].[F-]. The second-order valence-electron chi connectivity index (χ2n) is 2.36. The van der Waals surface area contributed by atoms with Crippen LogP contribution in [-0.2, 0) is 24.7 Å². The van der Waals surface area contributed by atoms with Crippen LogP contribution in [0.15, 0.2) is 21.0 Å². The quantitative estimate of drug-likeness (QED) is 0.468. The van der Waals surface area contributed by atoms with Gasteiger partial charge in [0.1, 0.15) is 0 Å². The molecule has 0 aliphatic heterocycles. The average Bonchev–Trinajstić information content (AvgIpc) is 2.18. The Morgan fingerprint density at radius 1 is 1.45 bits per heavy atom. The van der Waals surface area contributed by atoms with E-state index < -0.39 is 0 Å². The van der Waals surface area contributed by atoms with Crippen LogP contribution in [0.3, 0.4) is 0 Å². The molecule has 0 radical (unpaired) electrons. The van der Waals surface area contributed by atoms with Crippen molar-refractivity contribution in [1.82, 2.24) is 0 Å². The van der Waals surface area contributed by atoms with Crippen LogP contribution in [0.4, 0.5) is 0 Å². The summed E-state index contributed by atoms with van der Waals surface area (Å²) >= 11 is 1.61. The van der Waals surface area contributed by atoms with Gasteiger partial charge in [-0.1, -0.05) is 0 Å². The third-order valence-corrected chi connectivity index (χ3v) is 2.84. The smallest absolute Gasteiger partial charge is 1.00 e. The summed E-state index contributed by atoms with van der Waals surface area (Å²) in [7, 11) is 0. The summed E-state index contributed by atoms with van der Waals surface area (Å²) in [6.07, 6.45) is 8.37. The normalized spacial score (nSPS) is 14.5. The van der Waals surface area contributed by atoms with E-state index in [1.165, 1.54) is 19.3 Å². The first-order valence-electron chi connectivity index (χ1n) is 3.44. The van der Waals surface area contributed by atoms with E-state index >= 15 is 0 Å². The standard InChI is InChI=1S/C8H11.2FH.Zr/c1-2-5-8-6-3-4-7-8;;;/h3,6H,2,4-5H2,1H3;2*1H;/q;;;+2/p-2. The van der Waals surface area contributed by atoms with Crippen molar-refractivity contribution in [3.8, 4) is 0 Å². The molecule has 0 nitrogen and oxygen atoms in total. The Morgan fingerprint density at radius 3 is 2.45 bits per heavy atom. The van der Waals surface area contributed by atoms with Gasteiger partial charge in [-0.2, -0.15) is 0 Å². The van der Waals surface area contributed by atoms with E-state index in [-0.39, 0.29) is 9.41 Å². The minimum atomic E-state index is 0. The van der Waals surface area contributed by atoms with Crippen molar-refractivity contribution in [2.45, 2.75) is 26.2 Å². The van der Waals surface area contributed by atoms with Crippen LogP contribution < -0.4 is 9.41 Å². The van der Waals surface area contributed by atoms with Crippen molar-refractivity contribution in [3.05, 3.63) is 21.0 Å². The van der Waals surface area contributed by atoms with Crippen LogP contribution >= 0.6 is 0 Å². The van der Waals surface area contributed by atoms with Crippen molar-refractivity contribution < 1.29 is 34.1 Å². The molecule has 0 amide bonds. The van der Waals surface area contributed by atoms with E-state index in [0.717, 1.165) is 0 Å². The maximum absolute atomic E-state index is 2.29. The Balaban J connectivity index is 0. The Morgan fingerprint density at radius 2 is 2.09 bits per heavy atom. The van der Waals surface area contributed by atoms with E-state index in [2.05, 4.69) is 19.1 Å². The number of allylic oxidation sites excluding steroid dienone is 4. The summed E-state index contributed by atoms with van der Waals surface area (Å²) in [4.78, 5) is 0. The van der Waals surface area contributed by atoms with Crippen LogP contribution in [0.5, 0.6) is 0 Å². The molecular weight excluding hydrogens is 225 g/mol. The molecule has 0 aromatic heterocycles. The van der Waals surface area contributed by atoms with Gasteiger partial charge in [0.15, 0.2) is 0 Å². The van der Waals surface area contributed by atoms with Crippen LogP contribution in [0.1, 0.15) is 26.2 Å².